The van der Waals surface area contributed by atoms with E-state index in [0.29, 0.717) is 13.2 Å². The summed E-state index contributed by atoms with van der Waals surface area (Å²) in [6, 6.07) is 0. The summed E-state index contributed by atoms with van der Waals surface area (Å²) in [4.78, 5) is 26.4. The fourth-order valence-corrected chi connectivity index (χ4v) is 4.55. The molecule has 0 spiro atoms. The van der Waals surface area contributed by atoms with Gasteiger partial charge in [-0.3, -0.25) is 4.79 Å². The highest BCUT2D eigenvalue weighted by Gasteiger charge is 2.51. The van der Waals surface area contributed by atoms with E-state index in [1.54, 1.807) is 4.90 Å². The van der Waals surface area contributed by atoms with Gasteiger partial charge in [-0.05, 0) is 50.0 Å². The van der Waals surface area contributed by atoms with Gasteiger partial charge in [-0.1, -0.05) is 20.8 Å². The zero-order chi connectivity index (χ0) is 20.6. The van der Waals surface area contributed by atoms with Crippen molar-refractivity contribution in [1.82, 2.24) is 10.2 Å². The number of likely N-dealkylation sites (N-methyl/N-ethyl adjacent to an activating group) is 1. The lowest BCUT2D eigenvalue weighted by Crippen LogP contribution is -2.50. The Kier molecular flexibility index (Phi) is 5.71. The van der Waals surface area contributed by atoms with Gasteiger partial charge in [0.1, 0.15) is 12.2 Å². The smallest absolute Gasteiger partial charge is 0.407 e. The van der Waals surface area contributed by atoms with E-state index >= 15 is 0 Å². The number of fused-ring (bicyclic) bond motifs is 2. The van der Waals surface area contributed by atoms with Crippen molar-refractivity contribution in [3.63, 3.8) is 0 Å². The maximum absolute atomic E-state index is 12.4. The van der Waals surface area contributed by atoms with Gasteiger partial charge < -0.3 is 19.7 Å². The molecule has 0 saturated carbocycles. The average molecular weight is 389 g/mol. The van der Waals surface area contributed by atoms with Crippen LogP contribution in [0, 0.1) is 11.3 Å². The first-order valence-electron chi connectivity index (χ1n) is 10.2. The number of hydrogen-bond donors (Lipinski definition) is 1. The lowest BCUT2D eigenvalue weighted by atomic mass is 9.59. The monoisotopic (exact) mass is 388 g/mol. The van der Waals surface area contributed by atoms with E-state index in [1.807, 2.05) is 27.8 Å². The van der Waals surface area contributed by atoms with Gasteiger partial charge in [-0.2, -0.15) is 0 Å². The normalized spacial score (nSPS) is 31.9. The highest BCUT2D eigenvalue weighted by atomic mass is 16.6. The van der Waals surface area contributed by atoms with E-state index in [0.717, 1.165) is 35.3 Å². The molecule has 154 valence electrons. The Morgan fingerprint density at radius 2 is 2.11 bits per heavy atom. The first-order valence-corrected chi connectivity index (χ1v) is 10.2. The van der Waals surface area contributed by atoms with E-state index < -0.39 is 6.09 Å². The minimum Gasteiger partial charge on any atom is -0.443 e. The maximum atomic E-state index is 12.4. The second-order valence-corrected chi connectivity index (χ2v) is 8.22. The molecule has 3 aliphatic rings. The molecule has 28 heavy (non-hydrogen) atoms. The number of allylic oxidation sites excluding steroid dienone is 3. The zero-order valence-electron chi connectivity index (χ0n) is 17.8. The van der Waals surface area contributed by atoms with Gasteiger partial charge in [0.05, 0.1) is 0 Å². The van der Waals surface area contributed by atoms with Crippen molar-refractivity contribution in [1.29, 1.82) is 0 Å². The molecule has 1 N–H and O–H groups in total. The Morgan fingerprint density at radius 3 is 2.75 bits per heavy atom. The molecule has 0 aromatic carbocycles. The van der Waals surface area contributed by atoms with Gasteiger partial charge in [0.25, 0.3) is 5.91 Å². The van der Waals surface area contributed by atoms with Gasteiger partial charge in [-0.15, -0.1) is 0 Å². The molecule has 6 heteroatoms. The van der Waals surface area contributed by atoms with Crippen molar-refractivity contribution < 1.29 is 19.1 Å². The molecule has 0 radical (unpaired) electrons. The summed E-state index contributed by atoms with van der Waals surface area (Å²) < 4.78 is 11.8. The molecule has 4 atom stereocenters. The maximum Gasteiger partial charge on any atom is 0.407 e. The molecular weight excluding hydrogens is 356 g/mol. The van der Waals surface area contributed by atoms with Crippen LogP contribution in [0.25, 0.3) is 0 Å². The number of ether oxygens (including phenoxy) is 2. The number of nitrogens with zero attached hydrogens (tertiary/aromatic N) is 1. The van der Waals surface area contributed by atoms with Gasteiger partial charge in [0, 0.05) is 42.8 Å². The molecule has 0 aromatic heterocycles. The van der Waals surface area contributed by atoms with Crippen LogP contribution in [-0.2, 0) is 14.3 Å². The standard InChI is InChI=1S/C22H32N2O4/c1-7-9-23-21(26)28-19-14(4)22(5)12-16-13(3)20(25)24(6)17(16)10-15(22)11-18(19)27-8-2/h10-11,14,18-19H,7-9,12H2,1-6H3,(H,23,26)/t14-,18+,19+,22+/m0/s1. The molecule has 2 aliphatic carbocycles. The number of rotatable bonds is 5. The Morgan fingerprint density at radius 1 is 1.39 bits per heavy atom. The van der Waals surface area contributed by atoms with Gasteiger partial charge >= 0.3 is 6.09 Å². The Labute approximate surface area is 167 Å². The highest BCUT2D eigenvalue weighted by molar-refractivity contribution is 6.00. The molecular formula is C22H32N2O4. The second kappa shape index (κ2) is 7.74. The van der Waals surface area contributed by atoms with E-state index in [9.17, 15) is 9.59 Å². The number of alkyl carbamates (subject to hydrolysis) is 1. The lowest BCUT2D eigenvalue weighted by molar-refractivity contribution is -0.123. The molecule has 3 rings (SSSR count). The zero-order valence-corrected chi connectivity index (χ0v) is 17.8. The number of carbonyl (C=O) groups excluding carboxylic acids is 2. The minimum atomic E-state index is -0.401. The van der Waals surface area contributed by atoms with Crippen LogP contribution in [0.4, 0.5) is 4.79 Å². The third-order valence-corrected chi connectivity index (χ3v) is 6.53. The van der Waals surface area contributed by atoms with Crippen molar-refractivity contribution in [3.05, 3.63) is 34.6 Å². The van der Waals surface area contributed by atoms with Crippen LogP contribution in [0.3, 0.4) is 0 Å². The number of hydrogen-bond acceptors (Lipinski definition) is 4. The van der Waals surface area contributed by atoms with Gasteiger partial charge in [0.15, 0.2) is 0 Å². The van der Waals surface area contributed by atoms with Crippen LogP contribution in [0.2, 0.25) is 0 Å². The summed E-state index contributed by atoms with van der Waals surface area (Å²) in [5, 5.41) is 2.79. The van der Waals surface area contributed by atoms with Crippen LogP contribution in [0.5, 0.6) is 0 Å². The largest absolute Gasteiger partial charge is 0.443 e. The third kappa shape index (κ3) is 3.28. The van der Waals surface area contributed by atoms with E-state index in [2.05, 4.69) is 31.3 Å². The summed E-state index contributed by atoms with van der Waals surface area (Å²) in [5.74, 6) is 0.0976. The van der Waals surface area contributed by atoms with E-state index in [4.69, 9.17) is 9.47 Å². The topological polar surface area (TPSA) is 67.9 Å². The van der Waals surface area contributed by atoms with Gasteiger partial charge in [-0.25, -0.2) is 4.79 Å². The fraction of sp³-hybridized carbons (Fsp3) is 0.636. The quantitative estimate of drug-likeness (QED) is 0.782. The molecule has 0 unspecified atom stereocenters. The molecule has 0 fully saturated rings. The predicted molar refractivity (Wildman–Crippen MR) is 108 cm³/mol. The third-order valence-electron chi connectivity index (χ3n) is 6.53. The van der Waals surface area contributed by atoms with Crippen LogP contribution >= 0.6 is 0 Å². The van der Waals surface area contributed by atoms with Crippen LogP contribution in [-0.4, -0.2) is 49.3 Å². The molecule has 2 amide bonds. The van der Waals surface area contributed by atoms with Gasteiger partial charge in [0.2, 0.25) is 0 Å². The average Bonchev–Trinajstić information content (AvgIpc) is 2.86. The summed E-state index contributed by atoms with van der Waals surface area (Å²) in [7, 11) is 1.82. The second-order valence-electron chi connectivity index (χ2n) is 8.22. The summed E-state index contributed by atoms with van der Waals surface area (Å²) in [5.41, 5.74) is 3.82. The Balaban J connectivity index is 1.98. The summed E-state index contributed by atoms with van der Waals surface area (Å²) in [6.45, 7) is 11.3. The highest BCUT2D eigenvalue weighted by Crippen LogP contribution is 2.54. The van der Waals surface area contributed by atoms with Crippen molar-refractivity contribution >= 4 is 12.0 Å². The molecule has 6 nitrogen and oxygen atoms in total. The van der Waals surface area contributed by atoms with E-state index in [-0.39, 0.29) is 29.4 Å². The first kappa shape index (κ1) is 20.6. The van der Waals surface area contributed by atoms with Crippen LogP contribution < -0.4 is 5.32 Å². The Hall–Kier alpha value is -2.08. The molecule has 1 heterocycles. The molecule has 0 bridgehead atoms. The minimum absolute atomic E-state index is 0.0375. The molecule has 1 aliphatic heterocycles. The van der Waals surface area contributed by atoms with Crippen molar-refractivity contribution in [2.45, 2.75) is 59.7 Å². The van der Waals surface area contributed by atoms with Crippen molar-refractivity contribution in [3.8, 4) is 0 Å². The van der Waals surface area contributed by atoms with Crippen molar-refractivity contribution in [2.75, 3.05) is 20.2 Å². The summed E-state index contributed by atoms with van der Waals surface area (Å²) >= 11 is 0. The SMILES string of the molecule is CCCNC(=O)O[C@H]1[C@H](OCC)C=C2C=C3C(=C(C)C(=O)N3C)C[C@]2(C)[C@H]1C. The fourth-order valence-electron chi connectivity index (χ4n) is 4.55. The van der Waals surface area contributed by atoms with Crippen molar-refractivity contribution in [2.24, 2.45) is 11.3 Å². The first-order chi connectivity index (χ1) is 13.2. The lowest BCUT2D eigenvalue weighted by Gasteiger charge is -2.49. The Bertz CT molecular complexity index is 766. The van der Waals surface area contributed by atoms with Crippen LogP contribution in [0.1, 0.15) is 47.5 Å². The van der Waals surface area contributed by atoms with Crippen LogP contribution in [0.15, 0.2) is 34.6 Å². The number of amides is 2. The number of carbonyl (C=O) groups is 2. The predicted octanol–water partition coefficient (Wildman–Crippen LogP) is 3.55. The van der Waals surface area contributed by atoms with E-state index in [1.165, 1.54) is 0 Å². The summed E-state index contributed by atoms with van der Waals surface area (Å²) in [6.07, 6.45) is 4.72. The number of nitrogens with one attached hydrogen (secondary N) is 1. The molecule has 0 saturated heterocycles. The molecule has 0 aromatic rings.